The highest BCUT2D eigenvalue weighted by Crippen LogP contribution is 2.70. The van der Waals surface area contributed by atoms with Crippen molar-refractivity contribution in [2.45, 2.75) is 54.8 Å². The molecule has 6 aliphatic carbocycles. The molecule has 0 nitrogen and oxygen atoms in total. The summed E-state index contributed by atoms with van der Waals surface area (Å²) >= 11 is 0. The number of hydrogen-bond acceptors (Lipinski definition) is 0. The first kappa shape index (κ1) is 21.0. The van der Waals surface area contributed by atoms with Crippen molar-refractivity contribution in [1.82, 2.24) is 0 Å². The number of rotatable bonds is 3. The van der Waals surface area contributed by atoms with Gasteiger partial charge in [-0.25, -0.2) is 0 Å². The van der Waals surface area contributed by atoms with Gasteiger partial charge in [-0.1, -0.05) is 109 Å². The molecule has 0 spiro atoms. The van der Waals surface area contributed by atoms with Gasteiger partial charge in [0.05, 0.1) is 0 Å². The van der Waals surface area contributed by atoms with Gasteiger partial charge < -0.3 is 0 Å². The smallest absolute Gasteiger partial charge is 0.0107 e. The highest BCUT2D eigenvalue weighted by molar-refractivity contribution is 5.90. The van der Waals surface area contributed by atoms with Gasteiger partial charge in [0, 0.05) is 35.5 Å². The molecule has 0 radical (unpaired) electrons. The predicted octanol–water partition coefficient (Wildman–Crippen LogP) is 9.69. The Hall–Kier alpha value is -3.90. The molecule has 186 valence electrons. The van der Waals surface area contributed by atoms with E-state index in [-0.39, 0.29) is 0 Å². The van der Waals surface area contributed by atoms with E-state index >= 15 is 0 Å². The SMILES string of the molecule is C1=C(c2ccccc2)[C@H]2C[C@@H]1c1c3c(c4c(c12)[C@@H]1C=C(c2ccccc2)[C@H]4C1)[C@@H]1C=C(c2ccccc2)[C@H]3C1. The van der Waals surface area contributed by atoms with Crippen LogP contribution < -0.4 is 0 Å². The fraction of sp³-hybridized carbons (Fsp3) is 0.231. The molecule has 0 N–H and O–H groups in total. The average Bonchev–Trinajstić information content (AvgIpc) is 3.85. The van der Waals surface area contributed by atoms with Crippen molar-refractivity contribution >= 4 is 16.7 Å². The number of benzene rings is 4. The van der Waals surface area contributed by atoms with E-state index in [4.69, 9.17) is 0 Å². The van der Waals surface area contributed by atoms with Crippen LogP contribution in [0.2, 0.25) is 0 Å². The molecule has 6 atom stereocenters. The first-order valence-electron chi connectivity index (χ1n) is 14.9. The normalized spacial score (nSPS) is 29.7. The maximum atomic E-state index is 2.66. The van der Waals surface area contributed by atoms with E-state index in [1.54, 1.807) is 50.1 Å². The molecule has 0 aliphatic heterocycles. The Labute approximate surface area is 230 Å². The zero-order valence-electron chi connectivity index (χ0n) is 22.0. The Morgan fingerprint density at radius 2 is 0.615 bits per heavy atom. The molecular formula is C39H30. The lowest BCUT2D eigenvalue weighted by Gasteiger charge is -2.33. The van der Waals surface area contributed by atoms with Crippen molar-refractivity contribution in [1.29, 1.82) is 0 Å². The molecular weight excluding hydrogens is 468 g/mol. The van der Waals surface area contributed by atoms with Gasteiger partial charge in [-0.05, 0) is 86.1 Å². The summed E-state index contributed by atoms with van der Waals surface area (Å²) in [5, 5.41) is 0. The third kappa shape index (κ3) is 2.61. The van der Waals surface area contributed by atoms with Crippen LogP contribution in [0.4, 0.5) is 0 Å². The Morgan fingerprint density at radius 3 is 0.897 bits per heavy atom. The van der Waals surface area contributed by atoms with Crippen LogP contribution in [0.1, 0.15) is 105 Å². The van der Waals surface area contributed by atoms with Crippen molar-refractivity contribution in [3.8, 4) is 0 Å². The third-order valence-electron chi connectivity index (χ3n) is 11.0. The lowest BCUT2D eigenvalue weighted by Crippen LogP contribution is -2.16. The molecule has 0 unspecified atom stereocenters. The highest BCUT2D eigenvalue weighted by atomic mass is 14.6. The van der Waals surface area contributed by atoms with Crippen LogP contribution >= 0.6 is 0 Å². The zero-order chi connectivity index (χ0) is 25.2. The van der Waals surface area contributed by atoms with Gasteiger partial charge >= 0.3 is 0 Å². The van der Waals surface area contributed by atoms with Gasteiger partial charge in [0.2, 0.25) is 0 Å². The fourth-order valence-corrected chi connectivity index (χ4v) is 9.75. The third-order valence-corrected chi connectivity index (χ3v) is 11.0. The van der Waals surface area contributed by atoms with Crippen LogP contribution in [0.25, 0.3) is 16.7 Å². The van der Waals surface area contributed by atoms with E-state index in [0.717, 1.165) is 0 Å². The van der Waals surface area contributed by atoms with E-state index in [9.17, 15) is 0 Å². The number of fused-ring (bicyclic) bond motifs is 18. The first-order valence-corrected chi connectivity index (χ1v) is 14.9. The zero-order valence-corrected chi connectivity index (χ0v) is 22.0. The molecule has 0 saturated carbocycles. The first-order chi connectivity index (χ1) is 19.3. The Balaban J connectivity index is 1.21. The molecule has 0 aromatic heterocycles. The molecule has 10 rings (SSSR count). The monoisotopic (exact) mass is 498 g/mol. The summed E-state index contributed by atoms with van der Waals surface area (Å²) in [5.74, 6) is 3.40. The van der Waals surface area contributed by atoms with E-state index < -0.39 is 0 Å². The van der Waals surface area contributed by atoms with Crippen LogP contribution in [0.3, 0.4) is 0 Å². The van der Waals surface area contributed by atoms with E-state index in [2.05, 4.69) is 109 Å². The Kier molecular flexibility index (Phi) is 3.98. The molecule has 4 aromatic rings. The number of hydrogen-bond donors (Lipinski definition) is 0. The molecule has 0 heteroatoms. The van der Waals surface area contributed by atoms with Crippen LogP contribution in [0.15, 0.2) is 109 Å². The lowest BCUT2D eigenvalue weighted by molar-refractivity contribution is 0.785. The van der Waals surface area contributed by atoms with Gasteiger partial charge in [-0.3, -0.25) is 0 Å². The topological polar surface area (TPSA) is 0 Å². The maximum Gasteiger partial charge on any atom is 0.0107 e. The van der Waals surface area contributed by atoms with Crippen LogP contribution in [0.5, 0.6) is 0 Å². The second-order valence-electron chi connectivity index (χ2n) is 12.6. The summed E-state index contributed by atoms with van der Waals surface area (Å²) in [6.45, 7) is 0. The van der Waals surface area contributed by atoms with E-state index in [0.29, 0.717) is 35.5 Å². The number of allylic oxidation sites excluding steroid dienone is 6. The van der Waals surface area contributed by atoms with Crippen molar-refractivity contribution in [3.05, 3.63) is 159 Å². The van der Waals surface area contributed by atoms with Crippen molar-refractivity contribution in [2.24, 2.45) is 0 Å². The molecule has 0 saturated heterocycles. The second-order valence-corrected chi connectivity index (χ2v) is 12.6. The maximum absolute atomic E-state index is 2.66. The quantitative estimate of drug-likeness (QED) is 0.264. The minimum absolute atomic E-state index is 0.558. The molecule has 6 aliphatic rings. The minimum atomic E-state index is 0.558. The molecule has 0 amide bonds. The van der Waals surface area contributed by atoms with E-state index in [1.807, 2.05) is 0 Å². The lowest BCUT2D eigenvalue weighted by atomic mass is 9.71. The standard InChI is InChI=1S/C39H30/c1-4-10-22(11-5-1)28-16-25-19-31(28)37-34(25)38-32-21-27(18-30(32)24-14-8-3-9-15-24)36(38)39-33-20-26(35(37)39)17-29(33)23-12-6-2-7-13-23/h1-18,25-27,31-33H,19-21H2/t25-,26-,27-,31-,32-,33-/m1/s1. The molecule has 6 bridgehead atoms. The summed E-state index contributed by atoms with van der Waals surface area (Å²) < 4.78 is 0. The van der Waals surface area contributed by atoms with Gasteiger partial charge in [0.15, 0.2) is 0 Å². The van der Waals surface area contributed by atoms with E-state index in [1.165, 1.54) is 36.0 Å². The summed E-state index contributed by atoms with van der Waals surface area (Å²) in [6.07, 6.45) is 11.8. The second kappa shape index (κ2) is 7.39. The molecule has 39 heavy (non-hydrogen) atoms. The minimum Gasteiger partial charge on any atom is -0.0725 e. The van der Waals surface area contributed by atoms with Crippen LogP contribution in [-0.2, 0) is 0 Å². The summed E-state index contributed by atoms with van der Waals surface area (Å²) in [6, 6.07) is 33.7. The summed E-state index contributed by atoms with van der Waals surface area (Å²) in [7, 11) is 0. The molecule has 4 aromatic carbocycles. The van der Waals surface area contributed by atoms with Crippen molar-refractivity contribution in [2.75, 3.05) is 0 Å². The van der Waals surface area contributed by atoms with Crippen molar-refractivity contribution in [3.63, 3.8) is 0 Å². The van der Waals surface area contributed by atoms with Crippen molar-refractivity contribution < 1.29 is 0 Å². The predicted molar refractivity (Wildman–Crippen MR) is 160 cm³/mol. The molecule has 0 heterocycles. The Bertz CT molecular complexity index is 1550. The highest BCUT2D eigenvalue weighted by Gasteiger charge is 2.54. The fourth-order valence-electron chi connectivity index (χ4n) is 9.75. The summed E-state index contributed by atoms with van der Waals surface area (Å²) in [4.78, 5) is 0. The Morgan fingerprint density at radius 1 is 0.333 bits per heavy atom. The van der Waals surface area contributed by atoms with Gasteiger partial charge in [0.1, 0.15) is 0 Å². The van der Waals surface area contributed by atoms with Gasteiger partial charge in [-0.15, -0.1) is 0 Å². The van der Waals surface area contributed by atoms with Gasteiger partial charge in [-0.2, -0.15) is 0 Å². The molecule has 0 fully saturated rings. The average molecular weight is 499 g/mol. The summed E-state index contributed by atoms with van der Waals surface area (Å²) in [5.41, 5.74) is 19.6. The van der Waals surface area contributed by atoms with Crippen LogP contribution in [-0.4, -0.2) is 0 Å². The van der Waals surface area contributed by atoms with Crippen LogP contribution in [0, 0.1) is 0 Å². The van der Waals surface area contributed by atoms with Gasteiger partial charge in [0.25, 0.3) is 0 Å². The largest absolute Gasteiger partial charge is 0.0725 e.